The summed E-state index contributed by atoms with van der Waals surface area (Å²) in [5.74, 6) is -0.605. The van der Waals surface area contributed by atoms with Gasteiger partial charge in [0.15, 0.2) is 11.6 Å². The van der Waals surface area contributed by atoms with E-state index < -0.39 is 17.8 Å². The maximum Gasteiger partial charge on any atom is 0.333 e. The molecule has 0 bridgehead atoms. The second-order valence-corrected chi connectivity index (χ2v) is 8.11. The van der Waals surface area contributed by atoms with Crippen molar-refractivity contribution in [1.29, 1.82) is 0 Å². The van der Waals surface area contributed by atoms with Crippen molar-refractivity contribution in [3.8, 4) is 28.4 Å². The summed E-state index contributed by atoms with van der Waals surface area (Å²) in [6.07, 6.45) is 0. The highest BCUT2D eigenvalue weighted by Crippen LogP contribution is 2.32. The van der Waals surface area contributed by atoms with Gasteiger partial charge < -0.3 is 23.7 Å². The molecule has 0 unspecified atom stereocenters. The van der Waals surface area contributed by atoms with Crippen molar-refractivity contribution in [3.05, 3.63) is 78.7 Å². The lowest BCUT2D eigenvalue weighted by Gasteiger charge is -2.14. The fourth-order valence-electron chi connectivity index (χ4n) is 2.74. The van der Waals surface area contributed by atoms with Crippen molar-refractivity contribution >= 4 is 11.9 Å². The number of carbonyl (C=O) groups excluding carboxylic acids is 2. The summed E-state index contributed by atoms with van der Waals surface area (Å²) in [7, 11) is 0. The van der Waals surface area contributed by atoms with Gasteiger partial charge in [-0.3, -0.25) is 0 Å². The van der Waals surface area contributed by atoms with Gasteiger partial charge in [0.2, 0.25) is 0 Å². The van der Waals surface area contributed by atoms with E-state index in [0.717, 1.165) is 5.57 Å². The van der Waals surface area contributed by atoms with Crippen LogP contribution in [0.25, 0.3) is 11.1 Å². The summed E-state index contributed by atoms with van der Waals surface area (Å²) in [6, 6.07) is 9.64. The molecule has 0 atom stereocenters. The molecular weight excluding hydrogens is 467 g/mol. The first-order valence-electron chi connectivity index (χ1n) is 11.2. The number of rotatable bonds is 14. The monoisotopic (exact) mass is 498 g/mol. The molecule has 0 spiro atoms. The van der Waals surface area contributed by atoms with Crippen LogP contribution in [-0.2, 0) is 19.1 Å². The SMILES string of the molecule is C=C(C)COc1ccc(-c2cc(OCCOC(=O)C(=C)C)cc(OCCOC(=O)C(=C)C)c2)cc1F. The molecule has 0 amide bonds. The van der Waals surface area contributed by atoms with Crippen molar-refractivity contribution in [3.63, 3.8) is 0 Å². The Balaban J connectivity index is 2.18. The maximum absolute atomic E-state index is 14.6. The van der Waals surface area contributed by atoms with Crippen molar-refractivity contribution in [2.24, 2.45) is 0 Å². The van der Waals surface area contributed by atoms with Crippen LogP contribution in [0.5, 0.6) is 17.2 Å². The van der Waals surface area contributed by atoms with Crippen LogP contribution >= 0.6 is 0 Å². The minimum absolute atomic E-state index is 0.0202. The average Bonchev–Trinajstić information content (AvgIpc) is 2.83. The summed E-state index contributed by atoms with van der Waals surface area (Å²) >= 11 is 0. The van der Waals surface area contributed by atoms with Crippen LogP contribution in [0, 0.1) is 5.82 Å². The lowest BCUT2D eigenvalue weighted by molar-refractivity contribution is -0.140. The molecule has 2 aromatic rings. The molecule has 0 aliphatic rings. The first kappa shape index (κ1) is 28.2. The number of benzene rings is 2. The molecule has 0 radical (unpaired) electrons. The van der Waals surface area contributed by atoms with E-state index in [-0.39, 0.29) is 49.9 Å². The van der Waals surface area contributed by atoms with Gasteiger partial charge in [0.25, 0.3) is 0 Å². The predicted octanol–water partition coefficient (Wildman–Crippen LogP) is 5.44. The van der Waals surface area contributed by atoms with Crippen molar-refractivity contribution in [1.82, 2.24) is 0 Å². The lowest BCUT2D eigenvalue weighted by Crippen LogP contribution is -2.13. The topological polar surface area (TPSA) is 80.3 Å². The molecule has 7 nitrogen and oxygen atoms in total. The molecule has 8 heteroatoms. The molecule has 0 aliphatic carbocycles. The Hall–Kier alpha value is -4.07. The number of hydrogen-bond donors (Lipinski definition) is 0. The van der Waals surface area contributed by atoms with Crippen LogP contribution in [-0.4, -0.2) is 45.0 Å². The minimum atomic E-state index is -0.527. The molecule has 0 saturated heterocycles. The Morgan fingerprint density at radius 1 is 0.722 bits per heavy atom. The molecule has 2 aromatic carbocycles. The van der Waals surface area contributed by atoms with Gasteiger partial charge in [-0.05, 0) is 61.7 Å². The molecule has 36 heavy (non-hydrogen) atoms. The Morgan fingerprint density at radius 3 is 1.69 bits per heavy atom. The van der Waals surface area contributed by atoms with Crippen LogP contribution < -0.4 is 14.2 Å². The number of halogens is 1. The number of ether oxygens (including phenoxy) is 5. The smallest absolute Gasteiger partial charge is 0.333 e. The molecule has 0 saturated carbocycles. The summed E-state index contributed by atoms with van der Waals surface area (Å²) in [5.41, 5.74) is 2.53. The first-order chi connectivity index (χ1) is 17.1. The van der Waals surface area contributed by atoms with Gasteiger partial charge >= 0.3 is 11.9 Å². The highest BCUT2D eigenvalue weighted by Gasteiger charge is 2.11. The van der Waals surface area contributed by atoms with Crippen molar-refractivity contribution < 1.29 is 37.7 Å². The Labute approximate surface area is 210 Å². The molecule has 0 aliphatic heterocycles. The lowest BCUT2D eigenvalue weighted by atomic mass is 10.0. The summed E-state index contributed by atoms with van der Waals surface area (Å²) < 4.78 is 41.6. The first-order valence-corrected chi connectivity index (χ1v) is 11.2. The van der Waals surface area contributed by atoms with E-state index in [1.807, 2.05) is 0 Å². The van der Waals surface area contributed by atoms with E-state index in [9.17, 15) is 14.0 Å². The highest BCUT2D eigenvalue weighted by molar-refractivity contribution is 5.87. The molecule has 0 N–H and O–H groups in total. The second-order valence-electron chi connectivity index (χ2n) is 8.11. The fraction of sp³-hybridized carbons (Fsp3) is 0.286. The maximum atomic E-state index is 14.6. The highest BCUT2D eigenvalue weighted by atomic mass is 19.1. The fourth-order valence-corrected chi connectivity index (χ4v) is 2.74. The summed E-state index contributed by atoms with van der Waals surface area (Å²) in [6.45, 7) is 16.1. The van der Waals surface area contributed by atoms with Gasteiger partial charge in [-0.15, -0.1) is 0 Å². The normalized spacial score (nSPS) is 10.2. The van der Waals surface area contributed by atoms with Crippen molar-refractivity contribution in [2.75, 3.05) is 33.0 Å². The molecule has 192 valence electrons. The van der Waals surface area contributed by atoms with Gasteiger partial charge in [0.05, 0.1) is 0 Å². The van der Waals surface area contributed by atoms with Gasteiger partial charge in [-0.1, -0.05) is 25.8 Å². The van der Waals surface area contributed by atoms with E-state index in [4.69, 9.17) is 23.7 Å². The zero-order valence-corrected chi connectivity index (χ0v) is 20.9. The molecule has 0 heterocycles. The van der Waals surface area contributed by atoms with E-state index in [1.165, 1.54) is 12.1 Å². The van der Waals surface area contributed by atoms with E-state index in [1.54, 1.807) is 45.0 Å². The Bertz CT molecular complexity index is 1080. The van der Waals surface area contributed by atoms with Crippen molar-refractivity contribution in [2.45, 2.75) is 20.8 Å². The van der Waals surface area contributed by atoms with Gasteiger partial charge in [0.1, 0.15) is 44.5 Å². The number of carbonyl (C=O) groups is 2. The molecule has 0 fully saturated rings. The third-order valence-electron chi connectivity index (χ3n) is 4.49. The van der Waals surface area contributed by atoms with Crippen LogP contribution in [0.1, 0.15) is 20.8 Å². The van der Waals surface area contributed by atoms with Crippen LogP contribution in [0.15, 0.2) is 72.9 Å². The van der Waals surface area contributed by atoms with Crippen LogP contribution in [0.4, 0.5) is 4.39 Å². The molecule has 0 aromatic heterocycles. The number of esters is 2. The average molecular weight is 499 g/mol. The van der Waals surface area contributed by atoms with E-state index in [2.05, 4.69) is 19.7 Å². The van der Waals surface area contributed by atoms with Gasteiger partial charge in [-0.25, -0.2) is 14.0 Å². The zero-order valence-electron chi connectivity index (χ0n) is 20.9. The largest absolute Gasteiger partial charge is 0.490 e. The Morgan fingerprint density at radius 2 is 1.25 bits per heavy atom. The van der Waals surface area contributed by atoms with Gasteiger partial charge in [-0.2, -0.15) is 0 Å². The minimum Gasteiger partial charge on any atom is -0.490 e. The van der Waals surface area contributed by atoms with Gasteiger partial charge in [0, 0.05) is 17.2 Å². The number of hydrogen-bond acceptors (Lipinski definition) is 7. The third-order valence-corrected chi connectivity index (χ3v) is 4.49. The summed E-state index contributed by atoms with van der Waals surface area (Å²) in [4.78, 5) is 23.1. The van der Waals surface area contributed by atoms with Crippen LogP contribution in [0.3, 0.4) is 0 Å². The summed E-state index contributed by atoms with van der Waals surface area (Å²) in [5, 5.41) is 0. The molecular formula is C28H31FO7. The molecule has 2 rings (SSSR count). The Kier molecular flexibility index (Phi) is 10.7. The second kappa shape index (κ2) is 13.7. The van der Waals surface area contributed by atoms with E-state index >= 15 is 0 Å². The van der Waals surface area contributed by atoms with Crippen LogP contribution in [0.2, 0.25) is 0 Å². The standard InChI is InChI=1S/C28H31FO7/c1-18(2)17-36-26-8-7-21(15-25(26)29)22-13-23(32-9-11-34-27(30)19(3)4)16-24(14-22)33-10-12-35-28(31)20(5)6/h7-8,13-16H,1,3,5,9-12,17H2,2,4,6H3. The quantitative estimate of drug-likeness (QED) is 0.148. The third kappa shape index (κ3) is 9.29. The predicted molar refractivity (Wildman–Crippen MR) is 135 cm³/mol. The zero-order chi connectivity index (χ0) is 26.7. The van der Waals surface area contributed by atoms with E-state index in [0.29, 0.717) is 22.6 Å².